The van der Waals surface area contributed by atoms with E-state index in [4.69, 9.17) is 18.6 Å². The summed E-state index contributed by atoms with van der Waals surface area (Å²) in [5.41, 5.74) is 0.660. The van der Waals surface area contributed by atoms with Crippen molar-refractivity contribution in [3.8, 4) is 11.6 Å². The number of fused-ring (bicyclic) bond motifs is 1. The molecule has 3 aromatic heterocycles. The average Bonchev–Trinajstić information content (AvgIpc) is 3.41. The van der Waals surface area contributed by atoms with E-state index in [1.165, 1.54) is 25.8 Å². The van der Waals surface area contributed by atoms with Gasteiger partial charge in [0.2, 0.25) is 5.88 Å². The highest BCUT2D eigenvalue weighted by molar-refractivity contribution is 5.74. The summed E-state index contributed by atoms with van der Waals surface area (Å²) in [6.07, 6.45) is -1.46. The summed E-state index contributed by atoms with van der Waals surface area (Å²) in [7, 11) is 1.32. The number of aromatic amines is 1. The van der Waals surface area contributed by atoms with Gasteiger partial charge in [0.1, 0.15) is 30.3 Å². The smallest absolute Gasteiger partial charge is 0.269 e. The maximum Gasteiger partial charge on any atom is 0.269 e. The van der Waals surface area contributed by atoms with Gasteiger partial charge in [-0.25, -0.2) is 15.3 Å². The minimum Gasteiger partial charge on any atom is -0.505 e. The molecule has 1 fully saturated rings. The first-order valence-electron chi connectivity index (χ1n) is 8.53. The van der Waals surface area contributed by atoms with Gasteiger partial charge in [-0.2, -0.15) is 4.98 Å². The molecule has 4 heterocycles. The number of methoxy groups -OCH3 is 1. The van der Waals surface area contributed by atoms with E-state index in [0.717, 1.165) is 6.26 Å². The fourth-order valence-electron chi connectivity index (χ4n) is 3.07. The van der Waals surface area contributed by atoms with E-state index >= 15 is 0 Å². The summed E-state index contributed by atoms with van der Waals surface area (Å²) >= 11 is 0. The lowest BCUT2D eigenvalue weighted by molar-refractivity contribution is -0.264. The molecule has 1 saturated heterocycles. The Kier molecular flexibility index (Phi) is 5.08. The predicted octanol–water partition coefficient (Wildman–Crippen LogP) is -1.27. The largest absolute Gasteiger partial charge is 0.505 e. The number of hydrogen-bond donors (Lipinski definition) is 6. The Balaban J connectivity index is 1.64. The molecule has 0 spiro atoms. The molecule has 13 heteroatoms. The van der Waals surface area contributed by atoms with Crippen molar-refractivity contribution in [1.29, 1.82) is 0 Å². The number of ether oxygens (including phenoxy) is 3. The monoisotopic (exact) mass is 409 g/mol. The third-order valence-corrected chi connectivity index (χ3v) is 4.45. The number of hydrogen-bond acceptors (Lipinski definition) is 12. The lowest BCUT2D eigenvalue weighted by Gasteiger charge is -2.32. The van der Waals surface area contributed by atoms with Crippen LogP contribution in [0.1, 0.15) is 12.0 Å². The van der Waals surface area contributed by atoms with E-state index < -0.39 is 37.1 Å². The fraction of sp³-hybridized carbons (Fsp3) is 0.438. The summed E-state index contributed by atoms with van der Waals surface area (Å²) in [6.45, 7) is -0.590. The van der Waals surface area contributed by atoms with Crippen LogP contribution in [-0.2, 0) is 9.47 Å². The molecule has 5 atom stereocenters. The second-order valence-electron chi connectivity index (χ2n) is 6.31. The number of aliphatic hydroxyl groups excluding tert-OH is 2. The maximum absolute atomic E-state index is 11.1. The van der Waals surface area contributed by atoms with E-state index in [9.17, 15) is 20.4 Å². The Hall–Kier alpha value is -2.81. The summed E-state index contributed by atoms with van der Waals surface area (Å²) in [5.74, 6) is -2.34. The van der Waals surface area contributed by atoms with Gasteiger partial charge in [-0.05, 0) is 0 Å². The number of furan rings is 1. The topological polar surface area (TPSA) is 188 Å². The van der Waals surface area contributed by atoms with Crippen LogP contribution in [-0.4, -0.2) is 78.3 Å². The van der Waals surface area contributed by atoms with Crippen molar-refractivity contribution in [2.75, 3.05) is 13.7 Å². The van der Waals surface area contributed by atoms with Gasteiger partial charge < -0.3 is 44.0 Å². The van der Waals surface area contributed by atoms with E-state index in [2.05, 4.69) is 25.3 Å². The van der Waals surface area contributed by atoms with Crippen LogP contribution in [0, 0.1) is 0 Å². The van der Waals surface area contributed by atoms with Crippen molar-refractivity contribution in [3.05, 3.63) is 30.7 Å². The lowest BCUT2D eigenvalue weighted by Crippen LogP contribution is -2.58. The molecule has 0 saturated carbocycles. The number of aromatic nitrogens is 4. The number of aromatic hydroxyl groups is 1. The highest BCUT2D eigenvalue weighted by atomic mass is 16.7. The molecule has 4 rings (SSSR count). The highest BCUT2D eigenvalue weighted by Crippen LogP contribution is 2.34. The normalized spacial score (nSPS) is 28.1. The van der Waals surface area contributed by atoms with Gasteiger partial charge in [0.25, 0.3) is 5.91 Å². The average molecular weight is 409 g/mol. The van der Waals surface area contributed by atoms with E-state index in [-0.39, 0.29) is 17.4 Å². The Morgan fingerprint density at radius 1 is 1.38 bits per heavy atom. The SMILES string of the molecule is COC(N[C@]1(O)O[C@H](CO)[C@@H](O)[C@@H]1Oc1ncnc2nc[nH]c12)c1cc(O)co1. The third-order valence-electron chi connectivity index (χ3n) is 4.45. The zero-order chi connectivity index (χ0) is 20.6. The Bertz CT molecular complexity index is 979. The summed E-state index contributed by atoms with van der Waals surface area (Å²) in [6, 6.07) is 1.27. The first kappa shape index (κ1) is 19.5. The summed E-state index contributed by atoms with van der Waals surface area (Å²) < 4.78 is 21.6. The molecule has 0 aromatic carbocycles. The molecule has 0 aliphatic carbocycles. The number of imidazole rings is 1. The standard InChI is InChI=1S/C16H19N5O8/c1-26-14(8-2-7(23)4-27-8)21-16(25)12(11(24)9(3-22)29-16)28-15-10-13(18-5-17-10)19-6-20-15/h2,4-6,9,11-12,14,21-25H,3H2,1H3,(H,17,18,19,20)/t9-,11-,12+,14?,16-/m1/s1. The van der Waals surface area contributed by atoms with Crippen molar-refractivity contribution in [1.82, 2.24) is 25.3 Å². The minimum atomic E-state index is -2.33. The molecular formula is C16H19N5O8. The number of aliphatic hydroxyl groups is 3. The number of nitrogens with one attached hydrogen (secondary N) is 2. The molecule has 1 aliphatic rings. The number of H-pyrrole nitrogens is 1. The summed E-state index contributed by atoms with van der Waals surface area (Å²) in [4.78, 5) is 14.8. The predicted molar refractivity (Wildman–Crippen MR) is 92.3 cm³/mol. The second kappa shape index (κ2) is 7.55. The van der Waals surface area contributed by atoms with Crippen molar-refractivity contribution >= 4 is 11.2 Å². The molecular weight excluding hydrogens is 390 g/mol. The molecule has 6 N–H and O–H groups in total. The first-order valence-corrected chi connectivity index (χ1v) is 8.53. The minimum absolute atomic E-state index is 0.00331. The van der Waals surface area contributed by atoms with Crippen LogP contribution in [0.15, 0.2) is 29.4 Å². The van der Waals surface area contributed by atoms with Crippen LogP contribution in [0.3, 0.4) is 0 Å². The third kappa shape index (κ3) is 3.50. The van der Waals surface area contributed by atoms with Crippen LogP contribution < -0.4 is 10.1 Å². The molecule has 0 bridgehead atoms. The molecule has 3 aromatic rings. The molecule has 29 heavy (non-hydrogen) atoms. The summed E-state index contributed by atoms with van der Waals surface area (Å²) in [5, 5.41) is 43.2. The zero-order valence-corrected chi connectivity index (χ0v) is 15.1. The van der Waals surface area contributed by atoms with Gasteiger partial charge in [0.15, 0.2) is 29.5 Å². The Morgan fingerprint density at radius 2 is 2.21 bits per heavy atom. The molecule has 0 radical (unpaired) electrons. The van der Waals surface area contributed by atoms with Crippen molar-refractivity contribution < 1.29 is 39.1 Å². The Morgan fingerprint density at radius 3 is 2.90 bits per heavy atom. The van der Waals surface area contributed by atoms with Crippen LogP contribution in [0.5, 0.6) is 11.6 Å². The van der Waals surface area contributed by atoms with E-state index in [1.54, 1.807) is 0 Å². The number of rotatable bonds is 7. The van der Waals surface area contributed by atoms with Gasteiger partial charge in [-0.15, -0.1) is 0 Å². The van der Waals surface area contributed by atoms with Crippen molar-refractivity contribution in [3.63, 3.8) is 0 Å². The first-order chi connectivity index (χ1) is 13.9. The van der Waals surface area contributed by atoms with Crippen LogP contribution >= 0.6 is 0 Å². The van der Waals surface area contributed by atoms with Gasteiger partial charge in [0.05, 0.1) is 12.9 Å². The van der Waals surface area contributed by atoms with E-state index in [1.807, 2.05) is 0 Å². The fourth-order valence-corrected chi connectivity index (χ4v) is 3.07. The molecule has 0 amide bonds. The van der Waals surface area contributed by atoms with Crippen molar-refractivity contribution in [2.45, 2.75) is 30.5 Å². The number of nitrogens with zero attached hydrogens (tertiary/aromatic N) is 3. The van der Waals surface area contributed by atoms with Crippen LogP contribution in [0.4, 0.5) is 0 Å². The zero-order valence-electron chi connectivity index (χ0n) is 15.1. The maximum atomic E-state index is 11.1. The molecule has 156 valence electrons. The van der Waals surface area contributed by atoms with Gasteiger partial charge in [0, 0.05) is 13.2 Å². The lowest BCUT2D eigenvalue weighted by atomic mass is 10.1. The molecule has 1 unspecified atom stereocenters. The van der Waals surface area contributed by atoms with Gasteiger partial charge >= 0.3 is 0 Å². The Labute approximate surface area is 162 Å². The van der Waals surface area contributed by atoms with Crippen LogP contribution in [0.25, 0.3) is 11.2 Å². The van der Waals surface area contributed by atoms with Crippen LogP contribution in [0.2, 0.25) is 0 Å². The van der Waals surface area contributed by atoms with Crippen molar-refractivity contribution in [2.24, 2.45) is 0 Å². The van der Waals surface area contributed by atoms with Gasteiger partial charge in [-0.1, -0.05) is 0 Å². The quantitative estimate of drug-likeness (QED) is 0.254. The second-order valence-corrected chi connectivity index (χ2v) is 6.31. The molecule has 13 nitrogen and oxygen atoms in total. The van der Waals surface area contributed by atoms with Gasteiger partial charge in [-0.3, -0.25) is 0 Å². The highest BCUT2D eigenvalue weighted by Gasteiger charge is 2.57. The van der Waals surface area contributed by atoms with E-state index in [0.29, 0.717) is 11.2 Å². The molecule has 1 aliphatic heterocycles.